The number of para-hydroxylation sites is 1. The number of carbonyl (C=O) groups is 2. The average molecular weight is 340 g/mol. The number of hydrogen-bond acceptors (Lipinski definition) is 3. The molecule has 1 aliphatic heterocycles. The largest absolute Gasteiger partial charge is 0.337 e. The summed E-state index contributed by atoms with van der Waals surface area (Å²) < 4.78 is 0. The number of hydrogen-bond donors (Lipinski definition) is 2. The summed E-state index contributed by atoms with van der Waals surface area (Å²) in [6, 6.07) is 7.39. The fourth-order valence-electron chi connectivity index (χ4n) is 2.41. The minimum atomic E-state index is -0.503. The van der Waals surface area contributed by atoms with E-state index in [4.69, 9.17) is 0 Å². The van der Waals surface area contributed by atoms with Crippen molar-refractivity contribution in [1.29, 1.82) is 0 Å². The zero-order chi connectivity index (χ0) is 16.3. The van der Waals surface area contributed by atoms with E-state index in [1.165, 1.54) is 0 Å². The molecule has 6 heteroatoms. The lowest BCUT2D eigenvalue weighted by atomic mass is 9.95. The smallest absolute Gasteiger partial charge is 0.256 e. The first kappa shape index (κ1) is 19.5. The van der Waals surface area contributed by atoms with E-state index in [1.807, 2.05) is 40.0 Å². The maximum absolute atomic E-state index is 12.7. The fourth-order valence-corrected chi connectivity index (χ4v) is 2.41. The molecule has 0 spiro atoms. The Hall–Kier alpha value is -1.59. The molecule has 1 saturated heterocycles. The molecule has 0 aliphatic carbocycles. The second-order valence-electron chi connectivity index (χ2n) is 6.81. The molecule has 1 aliphatic rings. The molecule has 1 fully saturated rings. The van der Waals surface area contributed by atoms with Gasteiger partial charge in [0.25, 0.3) is 5.91 Å². The normalized spacial score (nSPS) is 17.3. The molecule has 0 radical (unpaired) electrons. The van der Waals surface area contributed by atoms with Crippen LogP contribution >= 0.6 is 12.4 Å². The Morgan fingerprint density at radius 1 is 1.26 bits per heavy atom. The summed E-state index contributed by atoms with van der Waals surface area (Å²) in [5.41, 5.74) is 0.608. The number of anilines is 1. The first-order chi connectivity index (χ1) is 10.3. The summed E-state index contributed by atoms with van der Waals surface area (Å²) in [7, 11) is 1.82. The standard InChI is InChI=1S/C17H25N3O2.ClH/c1-17(2,3)16(22)19-14-8-6-5-7-13(14)15(21)20(4)12-9-10-18-11-12;/h5-8,12,18H,9-11H2,1-4H3,(H,19,22);1H. The highest BCUT2D eigenvalue weighted by Gasteiger charge is 2.27. The van der Waals surface area contributed by atoms with Crippen LogP contribution in [0.4, 0.5) is 5.69 Å². The number of rotatable bonds is 3. The van der Waals surface area contributed by atoms with Crippen molar-refractivity contribution in [3.63, 3.8) is 0 Å². The quantitative estimate of drug-likeness (QED) is 0.889. The summed E-state index contributed by atoms with van der Waals surface area (Å²) in [6.45, 7) is 7.30. The van der Waals surface area contributed by atoms with Gasteiger partial charge in [-0.15, -0.1) is 12.4 Å². The Morgan fingerprint density at radius 2 is 1.91 bits per heavy atom. The van der Waals surface area contributed by atoms with Crippen LogP contribution in [0.25, 0.3) is 0 Å². The molecule has 1 aromatic carbocycles. The van der Waals surface area contributed by atoms with Crippen LogP contribution < -0.4 is 10.6 Å². The van der Waals surface area contributed by atoms with Gasteiger partial charge in [-0.3, -0.25) is 9.59 Å². The number of nitrogens with zero attached hydrogens (tertiary/aromatic N) is 1. The molecule has 1 atom stereocenters. The van der Waals surface area contributed by atoms with Gasteiger partial charge in [0.05, 0.1) is 11.3 Å². The molecule has 128 valence electrons. The third-order valence-electron chi connectivity index (χ3n) is 3.99. The Morgan fingerprint density at radius 3 is 2.48 bits per heavy atom. The molecule has 0 saturated carbocycles. The number of likely N-dealkylation sites (N-methyl/N-ethyl adjacent to an activating group) is 1. The number of carbonyl (C=O) groups excluding carboxylic acids is 2. The van der Waals surface area contributed by atoms with Gasteiger partial charge >= 0.3 is 0 Å². The average Bonchev–Trinajstić information content (AvgIpc) is 2.99. The number of nitrogens with one attached hydrogen (secondary N) is 2. The lowest BCUT2D eigenvalue weighted by molar-refractivity contribution is -0.123. The lowest BCUT2D eigenvalue weighted by Crippen LogP contribution is -2.39. The molecule has 5 nitrogen and oxygen atoms in total. The lowest BCUT2D eigenvalue weighted by Gasteiger charge is -2.25. The van der Waals surface area contributed by atoms with Gasteiger partial charge in [0, 0.05) is 25.0 Å². The van der Waals surface area contributed by atoms with E-state index >= 15 is 0 Å². The molecule has 1 aromatic rings. The molecule has 1 heterocycles. The number of amides is 2. The van der Waals surface area contributed by atoms with Crippen molar-refractivity contribution < 1.29 is 9.59 Å². The van der Waals surface area contributed by atoms with Crippen molar-refractivity contribution >= 4 is 29.9 Å². The van der Waals surface area contributed by atoms with Crippen LogP contribution in [0.2, 0.25) is 0 Å². The molecular weight excluding hydrogens is 314 g/mol. The van der Waals surface area contributed by atoms with E-state index in [0.29, 0.717) is 11.3 Å². The van der Waals surface area contributed by atoms with E-state index in [2.05, 4.69) is 10.6 Å². The molecule has 23 heavy (non-hydrogen) atoms. The Labute approximate surface area is 144 Å². The van der Waals surface area contributed by atoms with Crippen LogP contribution in [0, 0.1) is 5.41 Å². The first-order valence-electron chi connectivity index (χ1n) is 7.69. The maximum atomic E-state index is 12.7. The van der Waals surface area contributed by atoms with Gasteiger partial charge in [0.2, 0.25) is 5.91 Å². The van der Waals surface area contributed by atoms with E-state index in [0.717, 1.165) is 19.5 Å². The predicted molar refractivity (Wildman–Crippen MR) is 95.1 cm³/mol. The van der Waals surface area contributed by atoms with E-state index in [1.54, 1.807) is 17.0 Å². The zero-order valence-corrected chi connectivity index (χ0v) is 15.0. The van der Waals surface area contributed by atoms with Gasteiger partial charge in [0.15, 0.2) is 0 Å². The third-order valence-corrected chi connectivity index (χ3v) is 3.99. The molecule has 2 amide bonds. The fraction of sp³-hybridized carbons (Fsp3) is 0.529. The van der Waals surface area contributed by atoms with Gasteiger partial charge < -0.3 is 15.5 Å². The van der Waals surface area contributed by atoms with Crippen molar-refractivity contribution in [1.82, 2.24) is 10.2 Å². The van der Waals surface area contributed by atoms with E-state index < -0.39 is 5.41 Å². The highest BCUT2D eigenvalue weighted by molar-refractivity contribution is 6.04. The van der Waals surface area contributed by atoms with Gasteiger partial charge in [0.1, 0.15) is 0 Å². The molecule has 0 aromatic heterocycles. The first-order valence-corrected chi connectivity index (χ1v) is 7.69. The van der Waals surface area contributed by atoms with Crippen molar-refractivity contribution in [2.24, 2.45) is 5.41 Å². The van der Waals surface area contributed by atoms with Crippen molar-refractivity contribution in [2.75, 3.05) is 25.5 Å². The van der Waals surface area contributed by atoms with Gasteiger partial charge in [-0.05, 0) is 25.1 Å². The SMILES string of the molecule is CN(C(=O)c1ccccc1NC(=O)C(C)(C)C)C1CCNC1.Cl. The summed E-state index contributed by atoms with van der Waals surface area (Å²) >= 11 is 0. The summed E-state index contributed by atoms with van der Waals surface area (Å²) in [5.74, 6) is -0.156. The van der Waals surface area contributed by atoms with Crippen LogP contribution in [0.5, 0.6) is 0 Å². The summed E-state index contributed by atoms with van der Waals surface area (Å²) in [4.78, 5) is 26.7. The van der Waals surface area contributed by atoms with Gasteiger partial charge in [-0.2, -0.15) is 0 Å². The Balaban J connectivity index is 0.00000264. The molecule has 0 bridgehead atoms. The topological polar surface area (TPSA) is 61.4 Å². The number of halogens is 1. The number of benzene rings is 1. The van der Waals surface area contributed by atoms with Crippen LogP contribution in [-0.2, 0) is 4.79 Å². The maximum Gasteiger partial charge on any atom is 0.256 e. The molecule has 2 rings (SSSR count). The van der Waals surface area contributed by atoms with Gasteiger partial charge in [-0.25, -0.2) is 0 Å². The van der Waals surface area contributed by atoms with Crippen molar-refractivity contribution in [3.8, 4) is 0 Å². The van der Waals surface area contributed by atoms with Crippen molar-refractivity contribution in [2.45, 2.75) is 33.2 Å². The van der Waals surface area contributed by atoms with Crippen LogP contribution in [-0.4, -0.2) is 42.9 Å². The third kappa shape index (κ3) is 4.69. The predicted octanol–water partition coefficient (Wildman–Crippen LogP) is 2.53. The second-order valence-corrected chi connectivity index (χ2v) is 6.81. The van der Waals surface area contributed by atoms with Gasteiger partial charge in [-0.1, -0.05) is 32.9 Å². The van der Waals surface area contributed by atoms with E-state index in [-0.39, 0.29) is 30.3 Å². The highest BCUT2D eigenvalue weighted by atomic mass is 35.5. The van der Waals surface area contributed by atoms with Crippen LogP contribution in [0.15, 0.2) is 24.3 Å². The molecular formula is C17H26ClN3O2. The summed E-state index contributed by atoms with van der Waals surface area (Å²) in [5, 5.41) is 6.14. The van der Waals surface area contributed by atoms with Crippen molar-refractivity contribution in [3.05, 3.63) is 29.8 Å². The van der Waals surface area contributed by atoms with Crippen LogP contribution in [0.1, 0.15) is 37.6 Å². The minimum absolute atomic E-state index is 0. The Kier molecular flexibility index (Phi) is 6.59. The van der Waals surface area contributed by atoms with Crippen LogP contribution in [0.3, 0.4) is 0 Å². The highest BCUT2D eigenvalue weighted by Crippen LogP contribution is 2.22. The second kappa shape index (κ2) is 7.79. The minimum Gasteiger partial charge on any atom is -0.337 e. The Bertz CT molecular complexity index is 563. The molecule has 1 unspecified atom stereocenters. The zero-order valence-electron chi connectivity index (χ0n) is 14.2. The monoisotopic (exact) mass is 339 g/mol. The molecule has 2 N–H and O–H groups in total. The van der Waals surface area contributed by atoms with E-state index in [9.17, 15) is 9.59 Å². The summed E-state index contributed by atoms with van der Waals surface area (Å²) in [6.07, 6.45) is 0.957.